The molecule has 0 heterocycles. The van der Waals surface area contributed by atoms with E-state index in [1.807, 2.05) is 6.21 Å². The van der Waals surface area contributed by atoms with Gasteiger partial charge in [0, 0.05) is 6.21 Å². The first-order valence-corrected chi connectivity index (χ1v) is 11.2. The summed E-state index contributed by atoms with van der Waals surface area (Å²) in [4.78, 5) is 4.95. The van der Waals surface area contributed by atoms with Crippen LogP contribution in [0.1, 0.15) is 111 Å². The Balaban J connectivity index is 2.58. The molecule has 0 unspecified atom stereocenters. The first-order chi connectivity index (χ1) is 13.4. The van der Waals surface area contributed by atoms with Crippen LogP contribution in [-0.4, -0.2) is 6.21 Å². The van der Waals surface area contributed by atoms with Crippen LogP contribution in [0.3, 0.4) is 0 Å². The van der Waals surface area contributed by atoms with E-state index in [0.717, 1.165) is 5.69 Å². The lowest BCUT2D eigenvalue weighted by molar-refractivity contribution is 0.568. The molecular weight excluding hydrogens is 362 g/mol. The average Bonchev–Trinajstić information content (AvgIpc) is 2.56. The van der Waals surface area contributed by atoms with Gasteiger partial charge in [0.1, 0.15) is 0 Å². The second-order valence-electron chi connectivity index (χ2n) is 12.9. The maximum absolute atomic E-state index is 4.95. The molecule has 0 atom stereocenters. The van der Waals surface area contributed by atoms with Crippen molar-refractivity contribution in [3.05, 3.63) is 64.2 Å². The number of hydrogen-bond acceptors (Lipinski definition) is 1. The van der Waals surface area contributed by atoms with Gasteiger partial charge in [0.25, 0.3) is 0 Å². The van der Waals surface area contributed by atoms with Crippen molar-refractivity contribution in [1.82, 2.24) is 0 Å². The zero-order valence-electron chi connectivity index (χ0n) is 21.5. The van der Waals surface area contributed by atoms with E-state index < -0.39 is 0 Å². The van der Waals surface area contributed by atoms with Crippen LogP contribution in [0.2, 0.25) is 0 Å². The van der Waals surface area contributed by atoms with Gasteiger partial charge in [-0.1, -0.05) is 95.2 Å². The standard InChI is InChI=1S/C29H43N/c1-26(2,3)21-13-20(14-22(15-21)27(4,5)6)19-30-25-17-23(28(7,8)9)16-24(18-25)29(10,11)12/h13-19H,1-12H3. The fourth-order valence-electron chi connectivity index (χ4n) is 3.29. The van der Waals surface area contributed by atoms with Crippen LogP contribution in [0, 0.1) is 0 Å². The van der Waals surface area contributed by atoms with Crippen LogP contribution in [0.5, 0.6) is 0 Å². The molecule has 0 aliphatic heterocycles. The Morgan fingerprint density at radius 1 is 0.467 bits per heavy atom. The lowest BCUT2D eigenvalue weighted by atomic mass is 9.79. The van der Waals surface area contributed by atoms with Crippen molar-refractivity contribution in [3.8, 4) is 0 Å². The van der Waals surface area contributed by atoms with E-state index in [4.69, 9.17) is 4.99 Å². The quantitative estimate of drug-likeness (QED) is 0.443. The Kier molecular flexibility index (Phi) is 6.49. The Morgan fingerprint density at radius 3 is 1.07 bits per heavy atom. The van der Waals surface area contributed by atoms with Crippen LogP contribution >= 0.6 is 0 Å². The van der Waals surface area contributed by atoms with E-state index in [1.165, 1.54) is 27.8 Å². The highest BCUT2D eigenvalue weighted by Gasteiger charge is 2.21. The lowest BCUT2D eigenvalue weighted by Crippen LogP contribution is -2.17. The van der Waals surface area contributed by atoms with E-state index in [-0.39, 0.29) is 21.7 Å². The molecule has 0 fully saturated rings. The van der Waals surface area contributed by atoms with Crippen LogP contribution in [0.4, 0.5) is 5.69 Å². The summed E-state index contributed by atoms with van der Waals surface area (Å²) < 4.78 is 0. The highest BCUT2D eigenvalue weighted by atomic mass is 14.7. The molecule has 1 heteroatoms. The fourth-order valence-corrected chi connectivity index (χ4v) is 3.29. The maximum Gasteiger partial charge on any atom is 0.0635 e. The minimum atomic E-state index is 0.0943. The summed E-state index contributed by atoms with van der Waals surface area (Å²) in [6, 6.07) is 13.8. The summed E-state index contributed by atoms with van der Waals surface area (Å²) in [6.45, 7) is 27.3. The smallest absolute Gasteiger partial charge is 0.0635 e. The number of benzene rings is 2. The molecule has 0 N–H and O–H groups in total. The van der Waals surface area contributed by atoms with Gasteiger partial charge in [-0.25, -0.2) is 0 Å². The number of rotatable bonds is 2. The largest absolute Gasteiger partial charge is 0.256 e. The predicted molar refractivity (Wildman–Crippen MR) is 135 cm³/mol. The normalized spacial score (nSPS) is 13.9. The van der Waals surface area contributed by atoms with Crippen molar-refractivity contribution in [2.24, 2.45) is 4.99 Å². The van der Waals surface area contributed by atoms with Crippen LogP contribution in [0.25, 0.3) is 0 Å². The van der Waals surface area contributed by atoms with Crippen molar-refractivity contribution >= 4 is 11.9 Å². The molecule has 2 aromatic carbocycles. The summed E-state index contributed by atoms with van der Waals surface area (Å²) >= 11 is 0. The Hall–Kier alpha value is -1.89. The second-order valence-corrected chi connectivity index (χ2v) is 12.9. The molecule has 0 radical (unpaired) electrons. The molecule has 30 heavy (non-hydrogen) atoms. The molecule has 0 aromatic heterocycles. The highest BCUT2D eigenvalue weighted by molar-refractivity contribution is 5.83. The number of hydrogen-bond donors (Lipinski definition) is 0. The van der Waals surface area contributed by atoms with E-state index in [2.05, 4.69) is 119 Å². The molecule has 1 nitrogen and oxygen atoms in total. The molecule has 0 amide bonds. The molecule has 0 spiro atoms. The Labute approximate surface area is 186 Å². The summed E-state index contributed by atoms with van der Waals surface area (Å²) in [5, 5.41) is 0. The van der Waals surface area contributed by atoms with Gasteiger partial charge < -0.3 is 0 Å². The first-order valence-electron chi connectivity index (χ1n) is 11.2. The van der Waals surface area contributed by atoms with E-state index in [9.17, 15) is 0 Å². The average molecular weight is 406 g/mol. The summed E-state index contributed by atoms with van der Waals surface area (Å²) in [5.41, 5.74) is 7.99. The van der Waals surface area contributed by atoms with Crippen molar-refractivity contribution < 1.29 is 0 Å². The van der Waals surface area contributed by atoms with Gasteiger partial charge in [-0.2, -0.15) is 0 Å². The summed E-state index contributed by atoms with van der Waals surface area (Å²) in [7, 11) is 0. The third-order valence-electron chi connectivity index (χ3n) is 5.70. The maximum atomic E-state index is 4.95. The monoisotopic (exact) mass is 405 g/mol. The topological polar surface area (TPSA) is 12.4 Å². The van der Waals surface area contributed by atoms with E-state index >= 15 is 0 Å². The number of aliphatic imine (C=N–C) groups is 1. The van der Waals surface area contributed by atoms with Gasteiger partial charge in [-0.05, 0) is 73.7 Å². The zero-order chi connectivity index (χ0) is 23.1. The Bertz CT molecular complexity index is 775. The highest BCUT2D eigenvalue weighted by Crippen LogP contribution is 2.34. The van der Waals surface area contributed by atoms with E-state index in [1.54, 1.807) is 0 Å². The minimum Gasteiger partial charge on any atom is -0.256 e. The molecule has 164 valence electrons. The number of nitrogens with zero attached hydrogens (tertiary/aromatic N) is 1. The fraction of sp³-hybridized carbons (Fsp3) is 0.552. The van der Waals surface area contributed by atoms with Crippen LogP contribution in [-0.2, 0) is 21.7 Å². The van der Waals surface area contributed by atoms with Gasteiger partial charge in [0.15, 0.2) is 0 Å². The van der Waals surface area contributed by atoms with Gasteiger partial charge in [0.05, 0.1) is 5.69 Å². The van der Waals surface area contributed by atoms with Gasteiger partial charge in [0.2, 0.25) is 0 Å². The molecule has 2 aromatic rings. The molecule has 0 aliphatic rings. The first kappa shape index (κ1) is 24.4. The molecule has 0 bridgehead atoms. The molecule has 0 saturated carbocycles. The van der Waals surface area contributed by atoms with E-state index in [0.29, 0.717) is 0 Å². The van der Waals surface area contributed by atoms with Crippen molar-refractivity contribution in [2.75, 3.05) is 0 Å². The predicted octanol–water partition coefficient (Wildman–Crippen LogP) is 8.63. The van der Waals surface area contributed by atoms with Crippen molar-refractivity contribution in [1.29, 1.82) is 0 Å². The zero-order valence-corrected chi connectivity index (χ0v) is 21.5. The molecule has 2 rings (SSSR count). The molecular formula is C29H43N. The third kappa shape index (κ3) is 6.30. The second kappa shape index (κ2) is 7.98. The Morgan fingerprint density at radius 2 is 0.767 bits per heavy atom. The van der Waals surface area contributed by atoms with Crippen LogP contribution in [0.15, 0.2) is 41.4 Å². The van der Waals surface area contributed by atoms with Crippen LogP contribution < -0.4 is 0 Å². The minimum absolute atomic E-state index is 0.0943. The van der Waals surface area contributed by atoms with Gasteiger partial charge in [-0.15, -0.1) is 0 Å². The van der Waals surface area contributed by atoms with Gasteiger partial charge >= 0.3 is 0 Å². The summed E-state index contributed by atoms with van der Waals surface area (Å²) in [5.74, 6) is 0. The molecule has 0 aliphatic carbocycles. The SMILES string of the molecule is CC(C)(C)c1cc(C=Nc2cc(C(C)(C)C)cc(C(C)(C)C)c2)cc(C(C)(C)C)c1. The summed E-state index contributed by atoms with van der Waals surface area (Å²) in [6.07, 6.45) is 2.04. The lowest BCUT2D eigenvalue weighted by Gasteiger charge is -2.26. The van der Waals surface area contributed by atoms with Crippen molar-refractivity contribution in [2.45, 2.75) is 105 Å². The van der Waals surface area contributed by atoms with Gasteiger partial charge in [-0.3, -0.25) is 4.99 Å². The van der Waals surface area contributed by atoms with Crippen molar-refractivity contribution in [3.63, 3.8) is 0 Å². The molecule has 0 saturated heterocycles. The third-order valence-corrected chi connectivity index (χ3v) is 5.70.